The van der Waals surface area contributed by atoms with Gasteiger partial charge in [0.1, 0.15) is 79.9 Å². The van der Waals surface area contributed by atoms with Gasteiger partial charge in [0.05, 0.1) is 43.3 Å². The second kappa shape index (κ2) is 44.4. The standard InChI is InChI=1S/C27H32N6O4.C26H29N5O4.C24H25F2N5O2.C24H27N5O3/c1-16-5-3-4-6-21(16)27(36)30-15-17-7-9-18(10-8-17)23-22(25(29)34)24(28)33(31-23)20-13-11-19(12-14-20)26(35)32-37-2;1-15-4-2-3-5-20(15)25(33)29-14-16-6-8-17(9-7-16)22-21(24(28)32)23(27)31(30-22)19-12-10-18(11-13-19)26(34)35;1-13-6-9-16(25)11-18(13)24(33)29-12-15-8-7-14(10-19(15)26)21-20(23(28)32)22(27)31(30-21)17-4-2-3-5-17;1-14-5-3-4-6-18(14)24(31)27-13-16-7-9-17(10-8-16)21-20(23(26)30)22(25)29(28-21)19-11-12-32-15(19)2/h3-10,19-20H,11-15,28H2,1-2H3,(H2,29,34)(H,30,36)(H,32,35);2-9,18-19H,10-14,27H2,1H3,(H2,28,32)(H,29,33)(H,34,35);6-11,17H,2-5,12,27H2,1H3,(H2,28,32)(H,29,33);3-10,15,19H,11-13,25H2,1-2H3,(H2,26,30)(H,27,31). The van der Waals surface area contributed by atoms with Gasteiger partial charge in [-0.1, -0.05) is 158 Å². The van der Waals surface area contributed by atoms with Gasteiger partial charge in [0.15, 0.2) is 0 Å². The number of nitrogens with zero attached hydrogens (tertiary/aromatic N) is 8. The van der Waals surface area contributed by atoms with Gasteiger partial charge in [0, 0.05) is 88.8 Å². The Morgan fingerprint density at radius 3 is 1.09 bits per heavy atom. The van der Waals surface area contributed by atoms with Gasteiger partial charge in [0.25, 0.3) is 47.3 Å². The average molecular weight is 1870 g/mol. The molecule has 5 heterocycles. The van der Waals surface area contributed by atoms with Crippen molar-refractivity contribution in [2.24, 2.45) is 34.8 Å². The van der Waals surface area contributed by atoms with Crippen LogP contribution in [0.4, 0.5) is 32.1 Å². The van der Waals surface area contributed by atoms with Crippen LogP contribution in [0.5, 0.6) is 0 Å². The number of primary amides is 4. The lowest BCUT2D eigenvalue weighted by atomic mass is 9.85. The van der Waals surface area contributed by atoms with E-state index in [1.807, 2.05) is 155 Å². The number of nitrogens with two attached hydrogens (primary N) is 8. The molecule has 0 bridgehead atoms. The number of carboxylic acid groups (broad SMARTS) is 1. The summed E-state index contributed by atoms with van der Waals surface area (Å²) in [4.78, 5) is 127. The SMILES string of the molecule is CONC(=O)C1CCC(n2nc(-c3ccc(CNC(=O)c4ccccc4C)cc3)c(C(N)=O)c2N)CC1.Cc1ccc(F)cc1C(=O)NCc1ccc(-c2nn(C3CCCC3)c(N)c2C(N)=O)cc1F.Cc1ccccc1C(=O)NCc1ccc(-c2nn(C3CCC(C(=O)O)CC3)c(N)c2C(N)=O)cc1.Cc1ccccc1C(=O)NCc1ccc(-c2nn(C3CCOC3C)c(N)c2C(N)=O)cc1. The van der Waals surface area contributed by atoms with E-state index in [0.29, 0.717) is 134 Å². The van der Waals surface area contributed by atoms with Crippen molar-refractivity contribution in [3.05, 3.63) is 283 Å². The summed E-state index contributed by atoms with van der Waals surface area (Å²) < 4.78 is 40.5. The minimum Gasteiger partial charge on any atom is -0.481 e. The van der Waals surface area contributed by atoms with Crippen LogP contribution < -0.4 is 72.6 Å². The average Bonchev–Trinajstić information content (AvgIpc) is 1.64. The van der Waals surface area contributed by atoms with E-state index >= 15 is 0 Å². The summed E-state index contributed by atoms with van der Waals surface area (Å²) in [5, 5.41) is 39.1. The molecule has 8 aromatic carbocycles. The summed E-state index contributed by atoms with van der Waals surface area (Å²) in [6, 6.07) is 52.6. The number of amides is 9. The fourth-order valence-corrected chi connectivity index (χ4v) is 17.8. The highest BCUT2D eigenvalue weighted by Crippen LogP contribution is 2.42. The first-order valence-electron chi connectivity index (χ1n) is 45.2. The molecule has 1 saturated heterocycles. The normalized spacial score (nSPS) is 16.7. The summed E-state index contributed by atoms with van der Waals surface area (Å²) in [6.45, 7) is 11.0. The molecule has 2 atom stereocenters. The molecule has 1 aliphatic heterocycles. The second-order valence-electron chi connectivity index (χ2n) is 34.6. The van der Waals surface area contributed by atoms with Gasteiger partial charge in [-0.2, -0.15) is 20.4 Å². The number of nitrogens with one attached hydrogen (secondary N) is 5. The molecule has 137 heavy (non-hydrogen) atoms. The molecule has 4 fully saturated rings. The summed E-state index contributed by atoms with van der Waals surface area (Å²) in [5.41, 5.74) is 62.9. The number of aromatic nitrogens is 8. The third-order valence-electron chi connectivity index (χ3n) is 25.5. The minimum absolute atomic E-state index is 0.0437. The lowest BCUT2D eigenvalue weighted by Crippen LogP contribution is -2.33. The topological polar surface area (TPSA) is 549 Å². The minimum atomic E-state index is -0.786. The number of halogens is 2. The molecular weight excluding hydrogens is 1750 g/mol. The predicted octanol–water partition coefficient (Wildman–Crippen LogP) is 12.8. The maximum atomic E-state index is 14.9. The van der Waals surface area contributed by atoms with Crippen LogP contribution in [0.1, 0.15) is 242 Å². The van der Waals surface area contributed by atoms with Gasteiger partial charge in [-0.15, -0.1) is 0 Å². The maximum absolute atomic E-state index is 14.9. The Kier molecular flexibility index (Phi) is 32.0. The molecule has 0 spiro atoms. The fourth-order valence-electron chi connectivity index (χ4n) is 17.8. The number of carbonyl (C=O) groups is 10. The molecule has 4 aromatic heterocycles. The highest BCUT2D eigenvalue weighted by Gasteiger charge is 2.37. The Labute approximate surface area is 789 Å². The van der Waals surface area contributed by atoms with Gasteiger partial charge < -0.3 is 77.0 Å². The molecule has 22 N–H and O–H groups in total. The first-order valence-corrected chi connectivity index (χ1v) is 45.2. The fraction of sp³-hybridized carbons (Fsp3) is 0.307. The number of nitrogen functional groups attached to an aromatic ring is 4. The molecule has 34 nitrogen and oxygen atoms in total. The van der Waals surface area contributed by atoms with Crippen LogP contribution in [0.3, 0.4) is 0 Å². The number of rotatable bonds is 27. The lowest BCUT2D eigenvalue weighted by Gasteiger charge is -2.28. The molecule has 2 unspecified atom stereocenters. The van der Waals surface area contributed by atoms with Crippen molar-refractivity contribution in [1.29, 1.82) is 0 Å². The lowest BCUT2D eigenvalue weighted by molar-refractivity contribution is -0.143. The van der Waals surface area contributed by atoms with Crippen molar-refractivity contribution in [1.82, 2.24) is 65.9 Å². The third-order valence-corrected chi connectivity index (χ3v) is 25.5. The smallest absolute Gasteiger partial charge is 0.306 e. The van der Waals surface area contributed by atoms with Crippen LogP contribution >= 0.6 is 0 Å². The number of anilines is 4. The van der Waals surface area contributed by atoms with E-state index in [9.17, 15) is 61.8 Å². The Bertz CT molecular complexity index is 6480. The maximum Gasteiger partial charge on any atom is 0.306 e. The molecular formula is C101H113F2N21O13. The molecule has 3 saturated carbocycles. The number of carboxylic acids is 1. The van der Waals surface area contributed by atoms with Crippen LogP contribution in [-0.4, -0.2) is 123 Å². The number of aryl methyl sites for hydroxylation is 4. The number of ether oxygens (including phenoxy) is 1. The zero-order valence-corrected chi connectivity index (χ0v) is 76.9. The van der Waals surface area contributed by atoms with Crippen LogP contribution in [-0.2, 0) is 45.3 Å². The van der Waals surface area contributed by atoms with Crippen molar-refractivity contribution in [2.75, 3.05) is 36.7 Å². The molecule has 0 radical (unpaired) electrons. The Morgan fingerprint density at radius 1 is 0.401 bits per heavy atom. The van der Waals surface area contributed by atoms with E-state index in [-0.39, 0.29) is 135 Å². The van der Waals surface area contributed by atoms with E-state index in [0.717, 1.165) is 77.1 Å². The first-order chi connectivity index (χ1) is 65.7. The van der Waals surface area contributed by atoms with E-state index in [4.69, 9.17) is 55.4 Å². The first kappa shape index (κ1) is 98.8. The van der Waals surface area contributed by atoms with Crippen molar-refractivity contribution in [2.45, 2.75) is 175 Å². The Morgan fingerprint density at radius 2 is 0.737 bits per heavy atom. The van der Waals surface area contributed by atoms with Crippen LogP contribution in [0.15, 0.2) is 182 Å². The summed E-state index contributed by atoms with van der Waals surface area (Å²) >= 11 is 0. The zero-order valence-electron chi connectivity index (χ0n) is 76.9. The quantitative estimate of drug-likeness (QED) is 0.0213. The number of hydroxylamine groups is 1. The number of hydrogen-bond acceptors (Lipinski definition) is 20. The molecule has 12 aromatic rings. The van der Waals surface area contributed by atoms with E-state index < -0.39 is 47.1 Å². The van der Waals surface area contributed by atoms with Crippen LogP contribution in [0.2, 0.25) is 0 Å². The Hall–Kier alpha value is -15.7. The molecule has 16 rings (SSSR count). The third kappa shape index (κ3) is 23.2. The second-order valence-corrected chi connectivity index (χ2v) is 34.6. The van der Waals surface area contributed by atoms with E-state index in [1.54, 1.807) is 49.9 Å². The molecule has 9 amide bonds. The van der Waals surface area contributed by atoms with Crippen molar-refractivity contribution in [3.63, 3.8) is 0 Å². The monoisotopic (exact) mass is 1870 g/mol. The molecule has 714 valence electrons. The van der Waals surface area contributed by atoms with Crippen molar-refractivity contribution >= 4 is 82.4 Å². The highest BCUT2D eigenvalue weighted by atomic mass is 19.1. The van der Waals surface area contributed by atoms with Crippen molar-refractivity contribution in [3.8, 4) is 45.0 Å². The summed E-state index contributed by atoms with van der Waals surface area (Å²) in [5.74, 6) is -5.26. The zero-order chi connectivity index (χ0) is 98.2. The molecule has 4 aliphatic rings. The van der Waals surface area contributed by atoms with E-state index in [1.165, 1.54) is 31.4 Å². The van der Waals surface area contributed by atoms with Crippen molar-refractivity contribution < 1.29 is 71.4 Å². The number of hydrogen-bond donors (Lipinski definition) is 14. The summed E-state index contributed by atoms with van der Waals surface area (Å²) in [7, 11) is 1.41. The van der Waals surface area contributed by atoms with Crippen LogP contribution in [0, 0.1) is 51.2 Å². The van der Waals surface area contributed by atoms with Gasteiger partial charge in [0.2, 0.25) is 5.91 Å². The largest absolute Gasteiger partial charge is 0.481 e. The highest BCUT2D eigenvalue weighted by molar-refractivity contribution is 6.06. The number of carbonyl (C=O) groups excluding carboxylic acids is 9. The number of benzene rings is 8. The Balaban J connectivity index is 0.000000155. The van der Waals surface area contributed by atoms with E-state index in [2.05, 4.69) is 47.1 Å². The van der Waals surface area contributed by atoms with Gasteiger partial charge in [-0.3, -0.25) is 52.8 Å². The summed E-state index contributed by atoms with van der Waals surface area (Å²) in [6.07, 6.45) is 9.59. The van der Waals surface area contributed by atoms with Crippen LogP contribution in [0.25, 0.3) is 45.0 Å². The van der Waals surface area contributed by atoms with Gasteiger partial charge in [-0.25, -0.2) is 33.0 Å². The number of aliphatic carboxylic acids is 1. The van der Waals surface area contributed by atoms with Gasteiger partial charge in [-0.05, 0) is 181 Å². The van der Waals surface area contributed by atoms with Gasteiger partial charge >= 0.3 is 5.97 Å². The predicted molar refractivity (Wildman–Crippen MR) is 513 cm³/mol. The molecule has 36 heteroatoms. The molecule has 3 aliphatic carbocycles.